The predicted octanol–water partition coefficient (Wildman–Crippen LogP) is 14.4. The van der Waals surface area contributed by atoms with Gasteiger partial charge in [-0.15, -0.1) is 0 Å². The van der Waals surface area contributed by atoms with Crippen molar-refractivity contribution in [3.05, 3.63) is 182 Å². The summed E-state index contributed by atoms with van der Waals surface area (Å²) >= 11 is 0. The Balaban J connectivity index is 1.20. The summed E-state index contributed by atoms with van der Waals surface area (Å²) in [4.78, 5) is 0. The molecule has 51 heavy (non-hydrogen) atoms. The highest BCUT2D eigenvalue weighted by molar-refractivity contribution is 6.26. The lowest BCUT2D eigenvalue weighted by Gasteiger charge is -2.19. The molecule has 0 saturated carbocycles. The summed E-state index contributed by atoms with van der Waals surface area (Å²) in [6.07, 6.45) is 0. The molecule has 0 aliphatic heterocycles. The highest BCUT2D eigenvalue weighted by Crippen LogP contribution is 2.47. The summed E-state index contributed by atoms with van der Waals surface area (Å²) in [7, 11) is 0. The van der Waals surface area contributed by atoms with Crippen LogP contribution < -0.4 is 0 Å². The maximum absolute atomic E-state index is 9.49. The molecule has 0 aliphatic carbocycles. The van der Waals surface area contributed by atoms with Crippen LogP contribution in [0.1, 0.15) is 6.85 Å². The first-order valence-corrected chi connectivity index (χ1v) is 17.2. The lowest BCUT2D eigenvalue weighted by molar-refractivity contribution is 0.671. The summed E-state index contributed by atoms with van der Waals surface area (Å²) in [5.41, 5.74) is 6.82. The van der Waals surface area contributed by atoms with Crippen molar-refractivity contribution >= 4 is 75.8 Å². The van der Waals surface area contributed by atoms with Crippen LogP contribution in [0.2, 0.25) is 0 Å². The molecule has 0 radical (unpaired) electrons. The zero-order valence-corrected chi connectivity index (χ0v) is 27.3. The average molecular weight is 652 g/mol. The number of hydrogen-bond acceptors (Lipinski definition) is 1. The van der Waals surface area contributed by atoms with E-state index < -0.39 is 0 Å². The van der Waals surface area contributed by atoms with Gasteiger partial charge in [0.15, 0.2) is 0 Å². The molecule has 0 aliphatic rings. The van der Waals surface area contributed by atoms with Crippen LogP contribution in [0.5, 0.6) is 0 Å². The summed E-state index contributed by atoms with van der Waals surface area (Å²) in [5, 5.41) is 10.7. The fourth-order valence-electron chi connectivity index (χ4n) is 8.25. The zero-order valence-electron chi connectivity index (χ0n) is 32.3. The Bertz CT molecular complexity index is 3410. The molecule has 0 amide bonds. The first kappa shape index (κ1) is 23.6. The second-order valence-corrected chi connectivity index (χ2v) is 13.2. The van der Waals surface area contributed by atoms with Crippen LogP contribution in [0.25, 0.3) is 109 Å². The number of fused-ring (bicyclic) bond motifs is 9. The molecule has 0 spiro atoms. The van der Waals surface area contributed by atoms with E-state index in [2.05, 4.69) is 103 Å². The monoisotopic (exact) mass is 651 g/mol. The summed E-state index contributed by atoms with van der Waals surface area (Å²) < 4.78 is 51.5. The molecule has 0 N–H and O–H groups in total. The lowest BCUT2D eigenvalue weighted by atomic mass is 9.84. The Labute approximate surface area is 301 Å². The SMILES string of the molecule is [2H]c1c([2H])c([2H])c2c([2H])c3c(oc4ccc5ccccc5c43)c(-c3ccc(-c4c5ccccc5c(-c5cccc6ccccc56)c5ccccc45)cc3)c2c1[2H]. The third-order valence-corrected chi connectivity index (χ3v) is 10.4. The maximum Gasteiger partial charge on any atom is 0.143 e. The number of furan rings is 1. The molecule has 0 saturated heterocycles. The topological polar surface area (TPSA) is 13.1 Å². The maximum atomic E-state index is 9.49. The quantitative estimate of drug-likeness (QED) is 0.173. The van der Waals surface area contributed by atoms with E-state index in [0.717, 1.165) is 54.4 Å². The Morgan fingerprint density at radius 2 is 0.922 bits per heavy atom. The van der Waals surface area contributed by atoms with Crippen LogP contribution in [0, 0.1) is 0 Å². The van der Waals surface area contributed by atoms with E-state index in [0.29, 0.717) is 22.1 Å². The van der Waals surface area contributed by atoms with E-state index in [-0.39, 0.29) is 41.0 Å². The highest BCUT2D eigenvalue weighted by atomic mass is 16.3. The van der Waals surface area contributed by atoms with E-state index in [4.69, 9.17) is 9.90 Å². The molecule has 1 nitrogen and oxygen atoms in total. The van der Waals surface area contributed by atoms with E-state index in [1.165, 1.54) is 21.9 Å². The average Bonchev–Trinajstić information content (AvgIpc) is 3.64. The number of rotatable bonds is 3. The zero-order chi connectivity index (χ0) is 37.8. The van der Waals surface area contributed by atoms with Crippen molar-refractivity contribution in [2.45, 2.75) is 0 Å². The lowest BCUT2D eigenvalue weighted by Crippen LogP contribution is -1.91. The highest BCUT2D eigenvalue weighted by Gasteiger charge is 2.20. The van der Waals surface area contributed by atoms with Gasteiger partial charge in [0.1, 0.15) is 11.2 Å². The Morgan fingerprint density at radius 1 is 0.373 bits per heavy atom. The minimum absolute atomic E-state index is 0.0293. The second kappa shape index (κ2) is 10.9. The van der Waals surface area contributed by atoms with Crippen molar-refractivity contribution in [2.24, 2.45) is 0 Å². The Kier molecular flexibility index (Phi) is 5.05. The molecule has 11 aromatic rings. The summed E-state index contributed by atoms with van der Waals surface area (Å²) in [5.74, 6) is 0. The van der Waals surface area contributed by atoms with Crippen molar-refractivity contribution in [3.63, 3.8) is 0 Å². The molecule has 11 rings (SSSR count). The molecule has 236 valence electrons. The summed E-state index contributed by atoms with van der Waals surface area (Å²) in [6.45, 7) is 0. The normalized spacial score (nSPS) is 13.3. The number of hydrogen-bond donors (Lipinski definition) is 0. The van der Waals surface area contributed by atoms with Gasteiger partial charge in [-0.2, -0.15) is 0 Å². The molecule has 1 heteroatoms. The van der Waals surface area contributed by atoms with E-state index in [1.54, 1.807) is 0 Å². The minimum atomic E-state index is -0.361. The van der Waals surface area contributed by atoms with Crippen LogP contribution in [0.4, 0.5) is 0 Å². The van der Waals surface area contributed by atoms with Crippen LogP contribution in [-0.4, -0.2) is 0 Å². The third kappa shape index (κ3) is 4.16. The summed E-state index contributed by atoms with van der Waals surface area (Å²) in [6, 6.07) is 51.2. The molecular formula is C50H30O. The van der Waals surface area contributed by atoms with Crippen LogP contribution in [-0.2, 0) is 0 Å². The van der Waals surface area contributed by atoms with E-state index in [9.17, 15) is 1.37 Å². The molecule has 0 atom stereocenters. The fraction of sp³-hybridized carbons (Fsp3) is 0. The van der Waals surface area contributed by atoms with E-state index in [1.807, 2.05) is 48.5 Å². The van der Waals surface area contributed by atoms with Crippen LogP contribution in [0.15, 0.2) is 186 Å². The van der Waals surface area contributed by atoms with Gasteiger partial charge >= 0.3 is 0 Å². The predicted molar refractivity (Wildman–Crippen MR) is 218 cm³/mol. The Hall–Kier alpha value is -6.70. The molecule has 0 bridgehead atoms. The van der Waals surface area contributed by atoms with Gasteiger partial charge < -0.3 is 4.42 Å². The van der Waals surface area contributed by atoms with Gasteiger partial charge in [0.05, 0.1) is 6.85 Å². The standard InChI is InChI=1S/C50H30O/c1-4-16-36-31(12-1)15-11-23-39(36)48-42-21-9-7-19-40(42)46(41-20-8-10-22-43(41)48)33-24-26-34(27-25-33)47-38-18-6-3-14-35(38)30-44-49-37-17-5-2-13-32(37)28-29-45(49)51-50(44)47/h1-30H/i3D,6D,14D,18D,30D. The molecular weight excluding hydrogens is 617 g/mol. The van der Waals surface area contributed by atoms with Gasteiger partial charge in [-0.3, -0.25) is 0 Å². The van der Waals surface area contributed by atoms with E-state index >= 15 is 0 Å². The molecule has 10 aromatic carbocycles. The first-order valence-electron chi connectivity index (χ1n) is 19.7. The molecule has 1 aromatic heterocycles. The van der Waals surface area contributed by atoms with Gasteiger partial charge in [0.2, 0.25) is 0 Å². The molecule has 0 unspecified atom stereocenters. The fourth-order valence-corrected chi connectivity index (χ4v) is 8.25. The van der Waals surface area contributed by atoms with Gasteiger partial charge in [-0.1, -0.05) is 170 Å². The van der Waals surface area contributed by atoms with Crippen molar-refractivity contribution in [3.8, 4) is 33.4 Å². The van der Waals surface area contributed by atoms with Crippen molar-refractivity contribution in [1.29, 1.82) is 0 Å². The minimum Gasteiger partial charge on any atom is -0.455 e. The van der Waals surface area contributed by atoms with Crippen molar-refractivity contribution < 1.29 is 11.3 Å². The smallest absolute Gasteiger partial charge is 0.143 e. The van der Waals surface area contributed by atoms with Gasteiger partial charge in [0, 0.05) is 16.3 Å². The Morgan fingerprint density at radius 3 is 1.63 bits per heavy atom. The second-order valence-electron chi connectivity index (χ2n) is 13.2. The molecule has 0 fully saturated rings. The molecule has 1 heterocycles. The van der Waals surface area contributed by atoms with Crippen LogP contribution >= 0.6 is 0 Å². The van der Waals surface area contributed by atoms with Crippen LogP contribution in [0.3, 0.4) is 0 Å². The third-order valence-electron chi connectivity index (χ3n) is 10.4. The first-order chi connectivity index (χ1) is 27.4. The van der Waals surface area contributed by atoms with Gasteiger partial charge in [0.25, 0.3) is 0 Å². The van der Waals surface area contributed by atoms with Crippen molar-refractivity contribution in [2.75, 3.05) is 0 Å². The largest absolute Gasteiger partial charge is 0.455 e. The van der Waals surface area contributed by atoms with Crippen molar-refractivity contribution in [1.82, 2.24) is 0 Å². The van der Waals surface area contributed by atoms with Gasteiger partial charge in [-0.25, -0.2) is 0 Å². The van der Waals surface area contributed by atoms with Gasteiger partial charge in [-0.05, 0) is 93.8 Å². The number of benzene rings is 10.